The normalized spacial score (nSPS) is 10.5. The molecule has 3 heteroatoms. The smallest absolute Gasteiger partial charge is 0.200 e. The van der Waals surface area contributed by atoms with E-state index in [0.29, 0.717) is 5.92 Å². The van der Waals surface area contributed by atoms with Gasteiger partial charge in [-0.1, -0.05) is 13.8 Å². The third kappa shape index (κ3) is 2.26. The number of nitrogens with zero attached hydrogens (tertiary/aromatic N) is 1. The van der Waals surface area contributed by atoms with E-state index < -0.39 is 0 Å². The second kappa shape index (κ2) is 3.42. The quantitative estimate of drug-likeness (QED) is 0.693. The van der Waals surface area contributed by atoms with Crippen LogP contribution in [0.2, 0.25) is 0 Å². The molecule has 0 aliphatic carbocycles. The highest BCUT2D eigenvalue weighted by Crippen LogP contribution is 2.06. The molecule has 0 saturated heterocycles. The molecule has 0 bridgehead atoms. The zero-order valence-corrected chi connectivity index (χ0v) is 7.31. The molecule has 1 heterocycles. The van der Waals surface area contributed by atoms with E-state index in [-0.39, 0.29) is 0 Å². The van der Waals surface area contributed by atoms with Gasteiger partial charge in [-0.25, -0.2) is 4.98 Å². The lowest BCUT2D eigenvalue weighted by atomic mass is 10.1. The zero-order valence-electron chi connectivity index (χ0n) is 7.31. The molecule has 0 atom stereocenters. The highest BCUT2D eigenvalue weighted by atomic mass is 15.1. The SMILES string of the molecule is CNc1ncc(CC(C)C)[nH]1. The molecule has 1 aromatic rings. The van der Waals surface area contributed by atoms with E-state index in [0.717, 1.165) is 12.4 Å². The molecule has 0 saturated carbocycles. The van der Waals surface area contributed by atoms with Crippen molar-refractivity contribution in [3.8, 4) is 0 Å². The monoisotopic (exact) mass is 153 g/mol. The lowest BCUT2D eigenvalue weighted by molar-refractivity contribution is 0.638. The first kappa shape index (κ1) is 8.11. The van der Waals surface area contributed by atoms with Crippen molar-refractivity contribution in [2.75, 3.05) is 12.4 Å². The molecule has 62 valence electrons. The van der Waals surface area contributed by atoms with Crippen molar-refractivity contribution in [3.05, 3.63) is 11.9 Å². The van der Waals surface area contributed by atoms with Gasteiger partial charge in [-0.3, -0.25) is 0 Å². The largest absolute Gasteiger partial charge is 0.359 e. The highest BCUT2D eigenvalue weighted by Gasteiger charge is 2.00. The zero-order chi connectivity index (χ0) is 8.27. The topological polar surface area (TPSA) is 40.7 Å². The van der Waals surface area contributed by atoms with Crippen molar-refractivity contribution in [1.29, 1.82) is 0 Å². The van der Waals surface area contributed by atoms with E-state index >= 15 is 0 Å². The number of aromatic amines is 1. The number of hydrogen-bond acceptors (Lipinski definition) is 2. The van der Waals surface area contributed by atoms with Gasteiger partial charge in [0.1, 0.15) is 0 Å². The third-order valence-electron chi connectivity index (χ3n) is 1.49. The first-order chi connectivity index (χ1) is 5.22. The number of nitrogens with one attached hydrogen (secondary N) is 2. The number of aromatic nitrogens is 2. The summed E-state index contributed by atoms with van der Waals surface area (Å²) < 4.78 is 0. The summed E-state index contributed by atoms with van der Waals surface area (Å²) in [7, 11) is 1.86. The number of anilines is 1. The van der Waals surface area contributed by atoms with Crippen LogP contribution in [0.4, 0.5) is 5.95 Å². The molecule has 0 radical (unpaired) electrons. The van der Waals surface area contributed by atoms with E-state index in [4.69, 9.17) is 0 Å². The molecule has 0 aliphatic heterocycles. The minimum Gasteiger partial charge on any atom is -0.359 e. The molecule has 11 heavy (non-hydrogen) atoms. The predicted octanol–water partition coefficient (Wildman–Crippen LogP) is 1.65. The minimum absolute atomic E-state index is 0.681. The van der Waals surface area contributed by atoms with Crippen molar-refractivity contribution in [2.24, 2.45) is 5.92 Å². The summed E-state index contributed by atoms with van der Waals surface area (Å²) in [4.78, 5) is 7.29. The van der Waals surface area contributed by atoms with Crippen molar-refractivity contribution in [3.63, 3.8) is 0 Å². The Morgan fingerprint density at radius 1 is 1.64 bits per heavy atom. The molecule has 1 aromatic heterocycles. The molecular weight excluding hydrogens is 138 g/mol. The van der Waals surface area contributed by atoms with Crippen LogP contribution in [-0.4, -0.2) is 17.0 Å². The molecule has 0 unspecified atom stereocenters. The van der Waals surface area contributed by atoms with Crippen molar-refractivity contribution < 1.29 is 0 Å². The van der Waals surface area contributed by atoms with E-state index in [9.17, 15) is 0 Å². The Labute approximate surface area is 67.2 Å². The van der Waals surface area contributed by atoms with Crippen LogP contribution < -0.4 is 5.32 Å². The van der Waals surface area contributed by atoms with Gasteiger partial charge in [0.2, 0.25) is 0 Å². The lowest BCUT2D eigenvalue weighted by Gasteiger charge is -1.99. The average molecular weight is 153 g/mol. The fourth-order valence-electron chi connectivity index (χ4n) is 1.03. The standard InChI is InChI=1S/C8H15N3/c1-6(2)4-7-5-10-8(9-3)11-7/h5-6H,4H2,1-3H3,(H2,9,10,11). The summed E-state index contributed by atoms with van der Waals surface area (Å²) in [6.07, 6.45) is 2.94. The Morgan fingerprint density at radius 2 is 2.36 bits per heavy atom. The Morgan fingerprint density at radius 3 is 2.82 bits per heavy atom. The Bertz CT molecular complexity index is 215. The molecule has 0 fully saturated rings. The number of rotatable bonds is 3. The fourth-order valence-corrected chi connectivity index (χ4v) is 1.03. The highest BCUT2D eigenvalue weighted by molar-refractivity contribution is 5.24. The summed E-state index contributed by atoms with van der Waals surface area (Å²) in [5.74, 6) is 1.53. The van der Waals surface area contributed by atoms with E-state index in [1.165, 1.54) is 5.69 Å². The molecular formula is C8H15N3. The van der Waals surface area contributed by atoms with E-state index in [1.807, 2.05) is 13.2 Å². The fraction of sp³-hybridized carbons (Fsp3) is 0.625. The molecule has 1 rings (SSSR count). The summed E-state index contributed by atoms with van der Waals surface area (Å²) in [6.45, 7) is 4.39. The Kier molecular flexibility index (Phi) is 2.52. The van der Waals surface area contributed by atoms with Crippen LogP contribution in [0.15, 0.2) is 6.20 Å². The predicted molar refractivity (Wildman–Crippen MR) is 46.7 cm³/mol. The van der Waals surface area contributed by atoms with Crippen LogP contribution in [0, 0.1) is 5.92 Å². The van der Waals surface area contributed by atoms with Crippen LogP contribution in [0.25, 0.3) is 0 Å². The van der Waals surface area contributed by atoms with Crippen molar-refractivity contribution >= 4 is 5.95 Å². The summed E-state index contributed by atoms with van der Waals surface area (Å²) in [5, 5.41) is 2.95. The maximum Gasteiger partial charge on any atom is 0.200 e. The average Bonchev–Trinajstić information content (AvgIpc) is 2.34. The molecule has 3 nitrogen and oxygen atoms in total. The second-order valence-electron chi connectivity index (χ2n) is 3.11. The number of imidazole rings is 1. The van der Waals surface area contributed by atoms with Crippen LogP contribution in [0.3, 0.4) is 0 Å². The first-order valence-corrected chi connectivity index (χ1v) is 3.94. The van der Waals surface area contributed by atoms with Gasteiger partial charge in [-0.2, -0.15) is 0 Å². The van der Waals surface area contributed by atoms with Gasteiger partial charge in [0.15, 0.2) is 5.95 Å². The van der Waals surface area contributed by atoms with E-state index in [1.54, 1.807) is 0 Å². The summed E-state index contributed by atoms with van der Waals surface area (Å²) >= 11 is 0. The number of hydrogen-bond donors (Lipinski definition) is 2. The summed E-state index contributed by atoms with van der Waals surface area (Å²) in [6, 6.07) is 0. The van der Waals surface area contributed by atoms with Crippen LogP contribution in [0.1, 0.15) is 19.5 Å². The molecule has 0 amide bonds. The van der Waals surface area contributed by atoms with Crippen molar-refractivity contribution in [1.82, 2.24) is 9.97 Å². The lowest BCUT2D eigenvalue weighted by Crippen LogP contribution is -1.94. The maximum absolute atomic E-state index is 4.12. The molecule has 0 aliphatic rings. The molecule has 0 spiro atoms. The van der Waals surface area contributed by atoms with Crippen LogP contribution in [-0.2, 0) is 6.42 Å². The first-order valence-electron chi connectivity index (χ1n) is 3.94. The molecule has 0 aromatic carbocycles. The van der Waals surface area contributed by atoms with Gasteiger partial charge in [0.25, 0.3) is 0 Å². The van der Waals surface area contributed by atoms with Gasteiger partial charge in [-0.05, 0) is 12.3 Å². The Balaban J connectivity index is 2.58. The summed E-state index contributed by atoms with van der Waals surface area (Å²) in [5.41, 5.74) is 1.20. The van der Waals surface area contributed by atoms with Crippen molar-refractivity contribution in [2.45, 2.75) is 20.3 Å². The molecule has 2 N–H and O–H groups in total. The number of H-pyrrole nitrogens is 1. The minimum atomic E-state index is 0.681. The van der Waals surface area contributed by atoms with Gasteiger partial charge in [0.05, 0.1) is 6.20 Å². The Hall–Kier alpha value is -0.990. The van der Waals surface area contributed by atoms with E-state index in [2.05, 4.69) is 29.1 Å². The van der Waals surface area contributed by atoms with Gasteiger partial charge < -0.3 is 10.3 Å². The second-order valence-corrected chi connectivity index (χ2v) is 3.11. The maximum atomic E-state index is 4.12. The third-order valence-corrected chi connectivity index (χ3v) is 1.49. The van der Waals surface area contributed by atoms with Crippen LogP contribution in [0.5, 0.6) is 0 Å². The van der Waals surface area contributed by atoms with Gasteiger partial charge in [-0.15, -0.1) is 0 Å². The van der Waals surface area contributed by atoms with Crippen LogP contribution >= 0.6 is 0 Å². The van der Waals surface area contributed by atoms with Gasteiger partial charge >= 0.3 is 0 Å². The van der Waals surface area contributed by atoms with Gasteiger partial charge in [0, 0.05) is 12.7 Å².